The number of nitro benzene ring substituents is 1. The Labute approximate surface area is 156 Å². The highest BCUT2D eigenvalue weighted by molar-refractivity contribution is 6.02. The molecule has 136 valence electrons. The summed E-state index contributed by atoms with van der Waals surface area (Å²) in [5, 5.41) is 17.9. The van der Waals surface area contributed by atoms with Gasteiger partial charge in [0.1, 0.15) is 0 Å². The summed E-state index contributed by atoms with van der Waals surface area (Å²) in [5.74, 6) is -0.366. The monoisotopic (exact) mass is 362 g/mol. The number of anilines is 1. The highest BCUT2D eigenvalue weighted by atomic mass is 16.6. The van der Waals surface area contributed by atoms with Gasteiger partial charge in [0.15, 0.2) is 0 Å². The molecular weight excluding hydrogens is 344 g/mol. The van der Waals surface area contributed by atoms with Crippen LogP contribution in [0.3, 0.4) is 0 Å². The Bertz CT molecular complexity index is 993. The molecule has 0 saturated carbocycles. The van der Waals surface area contributed by atoms with E-state index in [4.69, 9.17) is 0 Å². The van der Waals surface area contributed by atoms with Crippen LogP contribution in [-0.4, -0.2) is 20.6 Å². The van der Waals surface area contributed by atoms with Crippen molar-refractivity contribution < 1.29 is 9.72 Å². The molecule has 0 spiro atoms. The molecule has 3 aromatic rings. The number of benzene rings is 2. The molecule has 3 rings (SSSR count). The first-order chi connectivity index (χ1) is 13.0. The second-order valence-electron chi connectivity index (χ2n) is 5.99. The van der Waals surface area contributed by atoms with Gasteiger partial charge in [0, 0.05) is 23.9 Å². The fourth-order valence-electron chi connectivity index (χ4n) is 2.63. The predicted octanol–water partition coefficient (Wildman–Crippen LogP) is 3.80. The third kappa shape index (κ3) is 4.66. The number of aromatic nitrogens is 2. The Balaban J connectivity index is 1.64. The molecule has 7 heteroatoms. The maximum atomic E-state index is 12.1. The lowest BCUT2D eigenvalue weighted by atomic mass is 10.1. The molecule has 0 aliphatic rings. The smallest absolute Gasteiger partial charge is 0.274 e. The molecule has 0 saturated heterocycles. The predicted molar refractivity (Wildman–Crippen MR) is 103 cm³/mol. The minimum Gasteiger partial charge on any atom is -0.322 e. The van der Waals surface area contributed by atoms with Crippen LogP contribution in [0.4, 0.5) is 11.4 Å². The van der Waals surface area contributed by atoms with Crippen molar-refractivity contribution >= 4 is 23.4 Å². The highest BCUT2D eigenvalue weighted by Crippen LogP contribution is 2.25. The Kier molecular flexibility index (Phi) is 5.41. The lowest BCUT2D eigenvalue weighted by Crippen LogP contribution is -2.09. The van der Waals surface area contributed by atoms with E-state index in [9.17, 15) is 14.9 Å². The largest absolute Gasteiger partial charge is 0.322 e. The zero-order chi connectivity index (χ0) is 19.2. The van der Waals surface area contributed by atoms with Gasteiger partial charge in [-0.1, -0.05) is 36.4 Å². The molecule has 0 aliphatic carbocycles. The van der Waals surface area contributed by atoms with E-state index in [1.54, 1.807) is 29.9 Å². The lowest BCUT2D eigenvalue weighted by molar-refractivity contribution is -0.385. The van der Waals surface area contributed by atoms with E-state index >= 15 is 0 Å². The Morgan fingerprint density at radius 2 is 2.00 bits per heavy atom. The van der Waals surface area contributed by atoms with Gasteiger partial charge < -0.3 is 5.32 Å². The van der Waals surface area contributed by atoms with Crippen molar-refractivity contribution in [1.82, 2.24) is 9.78 Å². The Hall–Kier alpha value is -3.74. The van der Waals surface area contributed by atoms with E-state index in [-0.39, 0.29) is 11.6 Å². The molecule has 1 aromatic heterocycles. The van der Waals surface area contributed by atoms with Crippen LogP contribution in [0.5, 0.6) is 0 Å². The van der Waals surface area contributed by atoms with Gasteiger partial charge in [-0.05, 0) is 24.6 Å². The average molecular weight is 362 g/mol. The number of nitrogens with zero attached hydrogens (tertiary/aromatic N) is 3. The molecule has 1 amide bonds. The molecule has 0 fully saturated rings. The molecule has 0 atom stereocenters. The number of hydrogen-bond acceptors (Lipinski definition) is 4. The molecule has 0 unspecified atom stereocenters. The van der Waals surface area contributed by atoms with Crippen LogP contribution in [0, 0.1) is 17.0 Å². The molecule has 0 radical (unpaired) electrons. The summed E-state index contributed by atoms with van der Waals surface area (Å²) in [6.07, 6.45) is 6.54. The van der Waals surface area contributed by atoms with Crippen LogP contribution in [-0.2, 0) is 11.3 Å². The van der Waals surface area contributed by atoms with E-state index in [2.05, 4.69) is 10.4 Å². The zero-order valence-corrected chi connectivity index (χ0v) is 14.7. The normalized spacial score (nSPS) is 10.9. The highest BCUT2D eigenvalue weighted by Gasteiger charge is 2.13. The summed E-state index contributed by atoms with van der Waals surface area (Å²) < 4.78 is 1.79. The van der Waals surface area contributed by atoms with Crippen LogP contribution >= 0.6 is 0 Å². The molecular formula is C20H18N4O3. The van der Waals surface area contributed by atoms with Crippen LogP contribution < -0.4 is 5.32 Å². The molecule has 0 aliphatic heterocycles. The van der Waals surface area contributed by atoms with Gasteiger partial charge in [-0.3, -0.25) is 19.6 Å². The van der Waals surface area contributed by atoms with Gasteiger partial charge in [-0.2, -0.15) is 5.10 Å². The van der Waals surface area contributed by atoms with E-state index in [1.807, 2.05) is 36.5 Å². The second kappa shape index (κ2) is 8.09. The summed E-state index contributed by atoms with van der Waals surface area (Å²) in [4.78, 5) is 22.6. The van der Waals surface area contributed by atoms with Crippen molar-refractivity contribution in [3.05, 3.63) is 93.8 Å². The first kappa shape index (κ1) is 18.1. The van der Waals surface area contributed by atoms with E-state index in [1.165, 1.54) is 18.2 Å². The summed E-state index contributed by atoms with van der Waals surface area (Å²) >= 11 is 0. The van der Waals surface area contributed by atoms with Crippen molar-refractivity contribution in [2.75, 3.05) is 5.32 Å². The van der Waals surface area contributed by atoms with Crippen LogP contribution in [0.15, 0.2) is 67.0 Å². The topological polar surface area (TPSA) is 90.1 Å². The van der Waals surface area contributed by atoms with Crippen molar-refractivity contribution in [1.29, 1.82) is 0 Å². The van der Waals surface area contributed by atoms with Crippen molar-refractivity contribution in [2.24, 2.45) is 0 Å². The second-order valence-corrected chi connectivity index (χ2v) is 5.99. The van der Waals surface area contributed by atoms with Crippen LogP contribution in [0.25, 0.3) is 6.08 Å². The van der Waals surface area contributed by atoms with Gasteiger partial charge in [0.05, 0.1) is 28.9 Å². The van der Waals surface area contributed by atoms with Crippen LogP contribution in [0.1, 0.15) is 16.7 Å². The molecule has 2 aromatic carbocycles. The molecule has 27 heavy (non-hydrogen) atoms. The standard InChI is InChI=1S/C20H18N4O3/c1-15-18(8-5-9-19(15)24(26)27)22-20(25)11-10-17-12-21-23(14-17)13-16-6-3-2-4-7-16/h2-12,14H,13H2,1H3,(H,22,25)/b11-10+. The number of rotatable bonds is 6. The summed E-state index contributed by atoms with van der Waals surface area (Å²) in [7, 11) is 0. The molecule has 0 bridgehead atoms. The summed E-state index contributed by atoms with van der Waals surface area (Å²) in [5.41, 5.74) is 2.73. The fourth-order valence-corrected chi connectivity index (χ4v) is 2.63. The maximum Gasteiger partial charge on any atom is 0.274 e. The van der Waals surface area contributed by atoms with Crippen molar-refractivity contribution in [2.45, 2.75) is 13.5 Å². The summed E-state index contributed by atoms with van der Waals surface area (Å²) in [6, 6.07) is 14.5. The number of nitro groups is 1. The SMILES string of the molecule is Cc1c(NC(=O)/C=C/c2cnn(Cc3ccccc3)c2)cccc1[N+](=O)[O-]. The minimum atomic E-state index is -0.470. The minimum absolute atomic E-state index is 0.0287. The molecule has 1 N–H and O–H groups in total. The number of hydrogen-bond donors (Lipinski definition) is 1. The third-order valence-electron chi connectivity index (χ3n) is 4.03. The van der Waals surface area contributed by atoms with Gasteiger partial charge in [0.25, 0.3) is 5.69 Å². The van der Waals surface area contributed by atoms with Crippen molar-refractivity contribution in [3.63, 3.8) is 0 Å². The molecule has 7 nitrogen and oxygen atoms in total. The van der Waals surface area contributed by atoms with Gasteiger partial charge in [-0.15, -0.1) is 0 Å². The fraction of sp³-hybridized carbons (Fsp3) is 0.100. The van der Waals surface area contributed by atoms with E-state index in [0.717, 1.165) is 11.1 Å². The number of carbonyl (C=O) groups is 1. The first-order valence-electron chi connectivity index (χ1n) is 8.32. The van der Waals surface area contributed by atoms with Gasteiger partial charge in [0.2, 0.25) is 5.91 Å². The third-order valence-corrected chi connectivity index (χ3v) is 4.03. The Morgan fingerprint density at radius 1 is 1.22 bits per heavy atom. The van der Waals surface area contributed by atoms with Gasteiger partial charge in [-0.25, -0.2) is 0 Å². The quantitative estimate of drug-likeness (QED) is 0.410. The lowest BCUT2D eigenvalue weighted by Gasteiger charge is -2.06. The number of nitrogens with one attached hydrogen (secondary N) is 1. The van der Waals surface area contributed by atoms with E-state index in [0.29, 0.717) is 17.8 Å². The zero-order valence-electron chi connectivity index (χ0n) is 14.7. The van der Waals surface area contributed by atoms with Gasteiger partial charge >= 0.3 is 0 Å². The first-order valence-corrected chi connectivity index (χ1v) is 8.32. The van der Waals surface area contributed by atoms with Crippen molar-refractivity contribution in [3.8, 4) is 0 Å². The molecule has 1 heterocycles. The average Bonchev–Trinajstić information content (AvgIpc) is 3.10. The summed E-state index contributed by atoms with van der Waals surface area (Å²) in [6.45, 7) is 2.25. The van der Waals surface area contributed by atoms with E-state index < -0.39 is 4.92 Å². The number of amides is 1. The number of carbonyl (C=O) groups excluding carboxylic acids is 1. The Morgan fingerprint density at radius 3 is 2.74 bits per heavy atom. The van der Waals surface area contributed by atoms with Crippen LogP contribution in [0.2, 0.25) is 0 Å². The maximum absolute atomic E-state index is 12.1.